The van der Waals surface area contributed by atoms with E-state index in [1.807, 2.05) is 42.5 Å². The predicted molar refractivity (Wildman–Crippen MR) is 120 cm³/mol. The molecular formula is C24H24ClN3O3. The zero-order chi connectivity index (χ0) is 21.6. The van der Waals surface area contributed by atoms with Gasteiger partial charge in [0.2, 0.25) is 0 Å². The molecule has 0 bridgehead atoms. The monoisotopic (exact) mass is 437 g/mol. The number of benzene rings is 2. The van der Waals surface area contributed by atoms with Gasteiger partial charge in [0.25, 0.3) is 5.91 Å². The van der Waals surface area contributed by atoms with E-state index in [9.17, 15) is 4.79 Å². The third kappa shape index (κ3) is 4.91. The van der Waals surface area contributed by atoms with Crippen molar-refractivity contribution in [1.82, 2.24) is 14.5 Å². The third-order valence-electron chi connectivity index (χ3n) is 5.06. The molecule has 2 aromatic carbocycles. The first-order chi connectivity index (χ1) is 15.1. The Morgan fingerprint density at radius 2 is 1.90 bits per heavy atom. The molecule has 31 heavy (non-hydrogen) atoms. The SMILES string of the molecule is CN(Cc1nc2ccccc2n1CCCCOc1ccccc1Cl)C(=O)c1ccco1. The summed E-state index contributed by atoms with van der Waals surface area (Å²) in [6, 6.07) is 18.9. The molecule has 0 unspecified atom stereocenters. The molecule has 0 aliphatic rings. The maximum Gasteiger partial charge on any atom is 0.289 e. The van der Waals surface area contributed by atoms with Crippen molar-refractivity contribution in [2.24, 2.45) is 0 Å². The smallest absolute Gasteiger partial charge is 0.289 e. The number of hydrogen-bond acceptors (Lipinski definition) is 4. The highest BCUT2D eigenvalue weighted by atomic mass is 35.5. The molecule has 0 saturated heterocycles. The third-order valence-corrected chi connectivity index (χ3v) is 5.37. The number of ether oxygens (including phenoxy) is 1. The number of aryl methyl sites for hydroxylation is 1. The zero-order valence-corrected chi connectivity index (χ0v) is 18.1. The van der Waals surface area contributed by atoms with Crippen molar-refractivity contribution in [2.75, 3.05) is 13.7 Å². The number of halogens is 1. The van der Waals surface area contributed by atoms with Gasteiger partial charge in [-0.15, -0.1) is 0 Å². The second-order valence-corrected chi connectivity index (χ2v) is 7.70. The van der Waals surface area contributed by atoms with Crippen molar-refractivity contribution in [2.45, 2.75) is 25.9 Å². The number of rotatable bonds is 9. The maximum atomic E-state index is 12.6. The van der Waals surface area contributed by atoms with Crippen LogP contribution in [0.25, 0.3) is 11.0 Å². The molecule has 2 aromatic heterocycles. The van der Waals surface area contributed by atoms with Crippen molar-refractivity contribution >= 4 is 28.5 Å². The minimum atomic E-state index is -0.170. The van der Waals surface area contributed by atoms with Gasteiger partial charge >= 0.3 is 0 Å². The molecule has 0 fully saturated rings. The molecule has 160 valence electrons. The summed E-state index contributed by atoms with van der Waals surface area (Å²) in [5, 5.41) is 0.620. The molecule has 4 aromatic rings. The van der Waals surface area contributed by atoms with Gasteiger partial charge in [0.15, 0.2) is 5.76 Å². The van der Waals surface area contributed by atoms with Gasteiger partial charge in [-0.3, -0.25) is 4.79 Å². The second-order valence-electron chi connectivity index (χ2n) is 7.29. The van der Waals surface area contributed by atoms with Crippen LogP contribution in [0.15, 0.2) is 71.3 Å². The molecule has 0 N–H and O–H groups in total. The molecule has 7 heteroatoms. The molecule has 0 aliphatic carbocycles. The summed E-state index contributed by atoms with van der Waals surface area (Å²) < 4.78 is 13.2. The van der Waals surface area contributed by atoms with Gasteiger partial charge in [0, 0.05) is 13.6 Å². The lowest BCUT2D eigenvalue weighted by Gasteiger charge is -2.17. The lowest BCUT2D eigenvalue weighted by Crippen LogP contribution is -2.27. The normalized spacial score (nSPS) is 11.0. The van der Waals surface area contributed by atoms with E-state index in [-0.39, 0.29) is 5.91 Å². The molecule has 0 radical (unpaired) electrons. The summed E-state index contributed by atoms with van der Waals surface area (Å²) in [7, 11) is 1.76. The standard InChI is InChI=1S/C24H24ClN3O3/c1-27(24(29)22-13-8-16-31-22)17-23-26-19-10-3-4-11-20(19)28(23)14-6-7-15-30-21-12-5-2-9-18(21)25/h2-5,8-13,16H,6-7,14-15,17H2,1H3. The Morgan fingerprint density at radius 1 is 1.10 bits per heavy atom. The fourth-order valence-electron chi connectivity index (χ4n) is 3.48. The maximum absolute atomic E-state index is 12.6. The highest BCUT2D eigenvalue weighted by Crippen LogP contribution is 2.23. The van der Waals surface area contributed by atoms with Crippen LogP contribution in [0, 0.1) is 0 Å². The first-order valence-electron chi connectivity index (χ1n) is 10.2. The minimum absolute atomic E-state index is 0.170. The second kappa shape index (κ2) is 9.71. The average Bonchev–Trinajstić information content (AvgIpc) is 3.43. The molecule has 0 saturated carbocycles. The van der Waals surface area contributed by atoms with E-state index < -0.39 is 0 Å². The number of aromatic nitrogens is 2. The van der Waals surface area contributed by atoms with Crippen LogP contribution in [0.5, 0.6) is 5.75 Å². The van der Waals surface area contributed by atoms with Crippen molar-refractivity contribution < 1.29 is 13.9 Å². The molecule has 2 heterocycles. The van der Waals surface area contributed by atoms with Gasteiger partial charge in [-0.2, -0.15) is 0 Å². The van der Waals surface area contributed by atoms with E-state index in [2.05, 4.69) is 10.6 Å². The van der Waals surface area contributed by atoms with Crippen molar-refractivity contribution in [3.05, 3.63) is 83.5 Å². The number of unbranched alkanes of at least 4 members (excludes halogenated alkanes) is 1. The summed E-state index contributed by atoms with van der Waals surface area (Å²) in [4.78, 5) is 19.0. The van der Waals surface area contributed by atoms with Crippen LogP contribution in [-0.4, -0.2) is 34.0 Å². The number of carbonyl (C=O) groups excluding carboxylic acids is 1. The average molecular weight is 438 g/mol. The van der Waals surface area contributed by atoms with Crippen molar-refractivity contribution in [1.29, 1.82) is 0 Å². The first-order valence-corrected chi connectivity index (χ1v) is 10.6. The number of carbonyl (C=O) groups is 1. The predicted octanol–water partition coefficient (Wildman–Crippen LogP) is 5.41. The van der Waals surface area contributed by atoms with E-state index in [1.165, 1.54) is 6.26 Å². The Hall–Kier alpha value is -3.25. The van der Waals surface area contributed by atoms with Crippen molar-refractivity contribution in [3.8, 4) is 5.75 Å². The lowest BCUT2D eigenvalue weighted by molar-refractivity contribution is 0.0748. The van der Waals surface area contributed by atoms with Crippen LogP contribution in [0.2, 0.25) is 5.02 Å². The fourth-order valence-corrected chi connectivity index (χ4v) is 3.67. The molecule has 6 nitrogen and oxygen atoms in total. The number of imidazole rings is 1. The number of amides is 1. The Bertz CT molecular complexity index is 1150. The van der Waals surface area contributed by atoms with E-state index in [0.717, 1.165) is 36.2 Å². The van der Waals surface area contributed by atoms with Gasteiger partial charge in [-0.1, -0.05) is 35.9 Å². The summed E-state index contributed by atoms with van der Waals surface area (Å²) >= 11 is 6.14. The number of fused-ring (bicyclic) bond motifs is 1. The summed E-state index contributed by atoms with van der Waals surface area (Å²) in [6.45, 7) is 1.76. The van der Waals surface area contributed by atoms with E-state index in [0.29, 0.717) is 29.7 Å². The molecule has 0 aliphatic heterocycles. The highest BCUT2D eigenvalue weighted by molar-refractivity contribution is 6.32. The van der Waals surface area contributed by atoms with E-state index in [1.54, 1.807) is 24.1 Å². The Labute approximate surface area is 186 Å². The Kier molecular flexibility index (Phi) is 6.57. The van der Waals surface area contributed by atoms with Gasteiger partial charge < -0.3 is 18.6 Å². The van der Waals surface area contributed by atoms with E-state index >= 15 is 0 Å². The van der Waals surface area contributed by atoms with Crippen LogP contribution in [-0.2, 0) is 13.1 Å². The molecule has 4 rings (SSSR count). The number of hydrogen-bond donors (Lipinski definition) is 0. The quantitative estimate of drug-likeness (QED) is 0.328. The summed E-state index contributed by atoms with van der Waals surface area (Å²) in [6.07, 6.45) is 3.28. The number of para-hydroxylation sites is 3. The topological polar surface area (TPSA) is 60.5 Å². The molecule has 1 amide bonds. The summed E-state index contributed by atoms with van der Waals surface area (Å²) in [5.74, 6) is 1.70. The molecular weight excluding hydrogens is 414 g/mol. The van der Waals surface area contributed by atoms with Crippen LogP contribution in [0.1, 0.15) is 29.2 Å². The Morgan fingerprint density at radius 3 is 2.71 bits per heavy atom. The Balaban J connectivity index is 1.41. The van der Waals surface area contributed by atoms with E-state index in [4.69, 9.17) is 25.7 Å². The fraction of sp³-hybridized carbons (Fsp3) is 0.250. The first kappa shape index (κ1) is 21.0. The van der Waals surface area contributed by atoms with Gasteiger partial charge in [-0.05, 0) is 49.2 Å². The number of nitrogens with zero attached hydrogens (tertiary/aromatic N) is 3. The van der Waals surface area contributed by atoms with Gasteiger partial charge in [-0.25, -0.2) is 4.98 Å². The summed E-state index contributed by atoms with van der Waals surface area (Å²) in [5.41, 5.74) is 1.98. The highest BCUT2D eigenvalue weighted by Gasteiger charge is 2.18. The largest absolute Gasteiger partial charge is 0.492 e. The minimum Gasteiger partial charge on any atom is -0.492 e. The van der Waals surface area contributed by atoms with Gasteiger partial charge in [0.1, 0.15) is 11.6 Å². The zero-order valence-electron chi connectivity index (χ0n) is 17.3. The van der Waals surface area contributed by atoms with Crippen LogP contribution < -0.4 is 4.74 Å². The van der Waals surface area contributed by atoms with Crippen LogP contribution >= 0.6 is 11.6 Å². The lowest BCUT2D eigenvalue weighted by atomic mass is 10.3. The number of furan rings is 1. The molecule has 0 atom stereocenters. The van der Waals surface area contributed by atoms with Crippen LogP contribution in [0.3, 0.4) is 0 Å². The van der Waals surface area contributed by atoms with Gasteiger partial charge in [0.05, 0.1) is 35.5 Å². The van der Waals surface area contributed by atoms with Crippen LogP contribution in [0.4, 0.5) is 0 Å². The molecule has 0 spiro atoms. The van der Waals surface area contributed by atoms with Crippen molar-refractivity contribution in [3.63, 3.8) is 0 Å².